The summed E-state index contributed by atoms with van der Waals surface area (Å²) in [5.74, 6) is 0.657. The van der Waals surface area contributed by atoms with Crippen molar-refractivity contribution in [1.82, 2.24) is 4.40 Å². The predicted octanol–water partition coefficient (Wildman–Crippen LogP) is 8.12. The Balaban J connectivity index is 1.69. The Morgan fingerprint density at radius 3 is 2.41 bits per heavy atom. The highest BCUT2D eigenvalue weighted by molar-refractivity contribution is 6.25. The predicted molar refractivity (Wildman–Crippen MR) is 144 cm³/mol. The van der Waals surface area contributed by atoms with Crippen LogP contribution in [0.5, 0.6) is 0 Å². The van der Waals surface area contributed by atoms with Gasteiger partial charge in [0.25, 0.3) is 0 Å². The van der Waals surface area contributed by atoms with E-state index in [0.717, 1.165) is 0 Å². The Morgan fingerprint density at radius 1 is 0.853 bits per heavy atom. The second-order valence-corrected chi connectivity index (χ2v) is 11.7. The number of fused-ring (bicyclic) bond motifs is 5. The van der Waals surface area contributed by atoms with Gasteiger partial charge >= 0.3 is 0 Å². The third-order valence-corrected chi connectivity index (χ3v) is 8.82. The van der Waals surface area contributed by atoms with E-state index in [1.807, 2.05) is 0 Å². The maximum absolute atomic E-state index is 2.59. The lowest BCUT2D eigenvalue weighted by Crippen LogP contribution is -2.29. The molecule has 3 heterocycles. The zero-order chi connectivity index (χ0) is 23.4. The van der Waals surface area contributed by atoms with Gasteiger partial charge in [-0.25, -0.2) is 4.57 Å². The van der Waals surface area contributed by atoms with Crippen LogP contribution in [-0.2, 0) is 7.05 Å². The number of pyridine rings is 2. The van der Waals surface area contributed by atoms with Crippen LogP contribution in [0.4, 0.5) is 0 Å². The smallest absolute Gasteiger partial charge is 0.224 e. The standard InChI is InChI=1S/C32H33N2/c1-19-6-8-24-25-9-7-20(2)28-30(25)34(26(24)16-19)27-18-23(21-10-13-32(3,4)14-11-21)17-22-12-15-33(5)31(28)29(22)27/h6-9,12,15-18,21H,10-11,13-14H2,1-5H3/q+1. The first kappa shape index (κ1) is 20.3. The quantitative estimate of drug-likeness (QED) is 0.137. The number of rotatable bonds is 1. The molecule has 170 valence electrons. The van der Waals surface area contributed by atoms with Crippen molar-refractivity contribution >= 4 is 49.0 Å². The first-order valence-corrected chi connectivity index (χ1v) is 12.8. The molecular weight excluding hydrogens is 412 g/mol. The first-order chi connectivity index (χ1) is 16.3. The molecule has 3 aromatic heterocycles. The summed E-state index contributed by atoms with van der Waals surface area (Å²) in [6.07, 6.45) is 7.48. The lowest BCUT2D eigenvalue weighted by atomic mass is 9.71. The van der Waals surface area contributed by atoms with Gasteiger partial charge in [0.2, 0.25) is 5.52 Å². The number of benzene rings is 3. The molecule has 0 amide bonds. The molecule has 7 rings (SSSR count). The van der Waals surface area contributed by atoms with Gasteiger partial charge in [0.15, 0.2) is 6.20 Å². The summed E-state index contributed by atoms with van der Waals surface area (Å²) in [4.78, 5) is 0. The number of aryl methyl sites for hydroxylation is 3. The van der Waals surface area contributed by atoms with Crippen molar-refractivity contribution in [3.05, 3.63) is 71.4 Å². The molecule has 0 aliphatic heterocycles. The molecule has 0 saturated heterocycles. The molecule has 1 aliphatic rings. The minimum atomic E-state index is 0.485. The lowest BCUT2D eigenvalue weighted by Gasteiger charge is -2.34. The van der Waals surface area contributed by atoms with Crippen LogP contribution in [0, 0.1) is 19.3 Å². The Bertz CT molecular complexity index is 1760. The van der Waals surface area contributed by atoms with Crippen molar-refractivity contribution in [2.75, 3.05) is 0 Å². The highest BCUT2D eigenvalue weighted by atomic mass is 15.0. The zero-order valence-corrected chi connectivity index (χ0v) is 21.0. The molecular formula is C32H33N2+. The van der Waals surface area contributed by atoms with E-state index in [4.69, 9.17) is 0 Å². The van der Waals surface area contributed by atoms with E-state index in [0.29, 0.717) is 11.3 Å². The third-order valence-electron chi connectivity index (χ3n) is 8.82. The van der Waals surface area contributed by atoms with Crippen molar-refractivity contribution in [3.63, 3.8) is 0 Å². The summed E-state index contributed by atoms with van der Waals surface area (Å²) in [6.45, 7) is 9.35. The summed E-state index contributed by atoms with van der Waals surface area (Å²) >= 11 is 0. The molecule has 6 aromatic rings. The summed E-state index contributed by atoms with van der Waals surface area (Å²) in [6, 6.07) is 19.0. The fourth-order valence-electron chi connectivity index (χ4n) is 6.82. The largest absolute Gasteiger partial charge is 0.307 e. The van der Waals surface area contributed by atoms with Gasteiger partial charge in [-0.15, -0.1) is 0 Å². The van der Waals surface area contributed by atoms with Crippen molar-refractivity contribution in [3.8, 4) is 0 Å². The van der Waals surface area contributed by atoms with Crippen LogP contribution in [-0.4, -0.2) is 4.40 Å². The number of hydrogen-bond donors (Lipinski definition) is 0. The highest BCUT2D eigenvalue weighted by Gasteiger charge is 2.29. The van der Waals surface area contributed by atoms with Crippen LogP contribution in [0.1, 0.15) is 62.1 Å². The molecule has 3 aromatic carbocycles. The van der Waals surface area contributed by atoms with E-state index in [2.05, 4.69) is 98.4 Å². The van der Waals surface area contributed by atoms with Crippen molar-refractivity contribution in [1.29, 1.82) is 0 Å². The van der Waals surface area contributed by atoms with Gasteiger partial charge in [-0.1, -0.05) is 44.2 Å². The van der Waals surface area contributed by atoms with Crippen LogP contribution in [0.2, 0.25) is 0 Å². The lowest BCUT2D eigenvalue weighted by molar-refractivity contribution is -0.643. The average Bonchev–Trinajstić information content (AvgIpc) is 3.13. The second-order valence-electron chi connectivity index (χ2n) is 11.7. The Labute approximate surface area is 201 Å². The summed E-state index contributed by atoms with van der Waals surface area (Å²) < 4.78 is 4.93. The summed E-state index contributed by atoms with van der Waals surface area (Å²) in [5.41, 5.74) is 10.1. The van der Waals surface area contributed by atoms with Crippen LogP contribution >= 0.6 is 0 Å². The molecule has 0 unspecified atom stereocenters. The summed E-state index contributed by atoms with van der Waals surface area (Å²) in [7, 11) is 2.20. The Morgan fingerprint density at radius 2 is 1.62 bits per heavy atom. The molecule has 34 heavy (non-hydrogen) atoms. The molecule has 0 radical (unpaired) electrons. The van der Waals surface area contributed by atoms with E-state index in [1.54, 1.807) is 0 Å². The average molecular weight is 446 g/mol. The number of hydrogen-bond acceptors (Lipinski definition) is 0. The van der Waals surface area contributed by atoms with Gasteiger partial charge in [-0.2, -0.15) is 0 Å². The normalized spacial score (nSPS) is 17.2. The molecule has 0 spiro atoms. The Kier molecular flexibility index (Phi) is 4.00. The van der Waals surface area contributed by atoms with Crippen molar-refractivity contribution in [2.24, 2.45) is 12.5 Å². The number of aromatic nitrogens is 2. The van der Waals surface area contributed by atoms with E-state index in [9.17, 15) is 0 Å². The van der Waals surface area contributed by atoms with Gasteiger partial charge < -0.3 is 4.40 Å². The van der Waals surface area contributed by atoms with Crippen LogP contribution in [0.3, 0.4) is 0 Å². The molecule has 1 fully saturated rings. The molecule has 0 bridgehead atoms. The molecule has 0 atom stereocenters. The monoisotopic (exact) mass is 445 g/mol. The second kappa shape index (κ2) is 6.72. The minimum absolute atomic E-state index is 0.485. The molecule has 0 N–H and O–H groups in total. The minimum Gasteiger partial charge on any atom is -0.307 e. The van der Waals surface area contributed by atoms with Crippen LogP contribution in [0.25, 0.3) is 49.0 Å². The summed E-state index contributed by atoms with van der Waals surface area (Å²) in [5, 5.41) is 6.88. The third kappa shape index (κ3) is 2.66. The van der Waals surface area contributed by atoms with Gasteiger partial charge in [0, 0.05) is 16.8 Å². The molecule has 1 aliphatic carbocycles. The van der Waals surface area contributed by atoms with Gasteiger partial charge in [0.05, 0.1) is 27.3 Å². The first-order valence-electron chi connectivity index (χ1n) is 12.8. The molecule has 2 heteroatoms. The van der Waals surface area contributed by atoms with E-state index in [1.165, 1.54) is 91.4 Å². The topological polar surface area (TPSA) is 8.29 Å². The van der Waals surface area contributed by atoms with Gasteiger partial charge in [0.1, 0.15) is 7.05 Å². The number of nitrogens with zero attached hydrogens (tertiary/aromatic N) is 2. The van der Waals surface area contributed by atoms with Gasteiger partial charge in [-0.05, 0) is 85.1 Å². The van der Waals surface area contributed by atoms with E-state index >= 15 is 0 Å². The molecule has 1 saturated carbocycles. The van der Waals surface area contributed by atoms with E-state index < -0.39 is 0 Å². The van der Waals surface area contributed by atoms with Gasteiger partial charge in [-0.3, -0.25) is 0 Å². The Hall–Kier alpha value is -3.13. The fraction of sp³-hybridized carbons (Fsp3) is 0.344. The van der Waals surface area contributed by atoms with E-state index in [-0.39, 0.29) is 0 Å². The zero-order valence-electron chi connectivity index (χ0n) is 21.0. The maximum atomic E-state index is 2.59. The van der Waals surface area contributed by atoms with Crippen LogP contribution < -0.4 is 4.57 Å². The SMILES string of the molecule is Cc1ccc2c3ccc(C)c4c3n(c2c1)c1cc(C2CCC(C)(C)CC2)cc2cc[n+](C)c4c21. The van der Waals surface area contributed by atoms with Crippen molar-refractivity contribution in [2.45, 2.75) is 59.3 Å². The maximum Gasteiger partial charge on any atom is 0.224 e. The van der Waals surface area contributed by atoms with Crippen molar-refractivity contribution < 1.29 is 4.57 Å². The molecule has 2 nitrogen and oxygen atoms in total. The fourth-order valence-corrected chi connectivity index (χ4v) is 6.82. The van der Waals surface area contributed by atoms with Crippen LogP contribution in [0.15, 0.2) is 54.7 Å². The highest BCUT2D eigenvalue weighted by Crippen LogP contribution is 2.45.